The van der Waals surface area contributed by atoms with E-state index in [1.807, 2.05) is 36.4 Å². The van der Waals surface area contributed by atoms with Crippen LogP contribution in [0.25, 0.3) is 0 Å². The third kappa shape index (κ3) is 5.65. The number of hydrogen-bond donors (Lipinski definition) is 2. The van der Waals surface area contributed by atoms with E-state index in [0.29, 0.717) is 17.4 Å². The van der Waals surface area contributed by atoms with Crippen LogP contribution in [0.15, 0.2) is 59.0 Å². The minimum atomic E-state index is -0.241. The minimum absolute atomic E-state index is 0.150. The maximum Gasteiger partial charge on any atom is 0.246 e. The van der Waals surface area contributed by atoms with Gasteiger partial charge in [0.15, 0.2) is 5.13 Å². The Balaban J connectivity index is 1.47. The smallest absolute Gasteiger partial charge is 0.246 e. The molecule has 3 rings (SSSR count). The van der Waals surface area contributed by atoms with Gasteiger partial charge >= 0.3 is 0 Å². The number of ether oxygens (including phenoxy) is 1. The van der Waals surface area contributed by atoms with Crippen LogP contribution < -0.4 is 15.9 Å². The van der Waals surface area contributed by atoms with Gasteiger partial charge in [0.1, 0.15) is 12.4 Å². The molecule has 0 unspecified atom stereocenters. The molecule has 138 valence electrons. The second-order valence-corrected chi connectivity index (χ2v) is 6.82. The van der Waals surface area contributed by atoms with Gasteiger partial charge in [-0.2, -0.15) is 5.10 Å². The molecule has 0 spiro atoms. The maximum atomic E-state index is 11.8. The predicted molar refractivity (Wildman–Crippen MR) is 108 cm³/mol. The van der Waals surface area contributed by atoms with E-state index in [2.05, 4.69) is 34.6 Å². The largest absolute Gasteiger partial charge is 0.489 e. The van der Waals surface area contributed by atoms with Gasteiger partial charge in [0.05, 0.1) is 18.3 Å². The first-order chi connectivity index (χ1) is 13.1. The van der Waals surface area contributed by atoms with Crippen molar-refractivity contribution in [3.63, 3.8) is 0 Å². The average molecular weight is 380 g/mol. The summed E-state index contributed by atoms with van der Waals surface area (Å²) < 4.78 is 5.81. The Morgan fingerprint density at radius 3 is 2.74 bits per heavy atom. The number of hydrazone groups is 1. The van der Waals surface area contributed by atoms with Gasteiger partial charge in [-0.1, -0.05) is 24.3 Å². The molecule has 27 heavy (non-hydrogen) atoms. The van der Waals surface area contributed by atoms with E-state index < -0.39 is 0 Å². The first-order valence-electron chi connectivity index (χ1n) is 8.39. The second kappa shape index (κ2) is 8.95. The number of carbonyl (C=O) groups is 1. The van der Waals surface area contributed by atoms with E-state index in [4.69, 9.17) is 10.5 Å². The Bertz CT molecular complexity index is 935. The van der Waals surface area contributed by atoms with Crippen molar-refractivity contribution in [1.29, 1.82) is 0 Å². The molecule has 2 aromatic carbocycles. The van der Waals surface area contributed by atoms with Crippen LogP contribution in [0.5, 0.6) is 5.75 Å². The molecule has 0 aliphatic heterocycles. The molecule has 0 saturated carbocycles. The molecular weight excluding hydrogens is 360 g/mol. The number of carbonyl (C=O) groups excluding carboxylic acids is 1. The van der Waals surface area contributed by atoms with Crippen molar-refractivity contribution in [1.82, 2.24) is 10.4 Å². The summed E-state index contributed by atoms with van der Waals surface area (Å²) in [5.41, 5.74) is 11.9. The molecule has 1 amide bonds. The quantitative estimate of drug-likeness (QED) is 0.486. The number of nitrogens with one attached hydrogen (secondary N) is 1. The van der Waals surface area contributed by atoms with E-state index in [1.54, 1.807) is 11.6 Å². The van der Waals surface area contributed by atoms with Gasteiger partial charge in [-0.25, -0.2) is 10.4 Å². The lowest BCUT2D eigenvalue weighted by Crippen LogP contribution is -2.19. The zero-order chi connectivity index (χ0) is 19.1. The summed E-state index contributed by atoms with van der Waals surface area (Å²) >= 11 is 1.31. The Kier molecular flexibility index (Phi) is 6.17. The SMILES string of the molecule is Cc1ccccc1COc1ccc(/C=N/NC(=O)Cc2csc(N)n2)cc1. The number of hydrogen-bond acceptors (Lipinski definition) is 6. The molecular formula is C20H20N4O2S. The highest BCUT2D eigenvalue weighted by molar-refractivity contribution is 7.13. The van der Waals surface area contributed by atoms with Crippen LogP contribution in [-0.4, -0.2) is 17.1 Å². The van der Waals surface area contributed by atoms with E-state index in [0.717, 1.165) is 16.9 Å². The van der Waals surface area contributed by atoms with Crippen molar-refractivity contribution in [2.75, 3.05) is 5.73 Å². The van der Waals surface area contributed by atoms with E-state index >= 15 is 0 Å². The van der Waals surface area contributed by atoms with E-state index in [9.17, 15) is 4.79 Å². The molecule has 0 radical (unpaired) electrons. The Labute approximate surface area is 161 Å². The molecule has 3 N–H and O–H groups in total. The summed E-state index contributed by atoms with van der Waals surface area (Å²) in [4.78, 5) is 15.8. The lowest BCUT2D eigenvalue weighted by Gasteiger charge is -2.08. The number of aryl methyl sites for hydroxylation is 1. The van der Waals surface area contributed by atoms with E-state index in [1.165, 1.54) is 16.9 Å². The molecule has 6 nitrogen and oxygen atoms in total. The summed E-state index contributed by atoms with van der Waals surface area (Å²) in [5.74, 6) is 0.537. The molecule has 0 aliphatic carbocycles. The monoisotopic (exact) mass is 380 g/mol. The summed E-state index contributed by atoms with van der Waals surface area (Å²) in [6.07, 6.45) is 1.73. The third-order valence-electron chi connectivity index (χ3n) is 3.85. The van der Waals surface area contributed by atoms with Gasteiger partial charge in [0.2, 0.25) is 5.91 Å². The lowest BCUT2D eigenvalue weighted by atomic mass is 10.1. The van der Waals surface area contributed by atoms with E-state index in [-0.39, 0.29) is 12.3 Å². The fraction of sp³-hybridized carbons (Fsp3) is 0.150. The van der Waals surface area contributed by atoms with Crippen LogP contribution in [0, 0.1) is 6.92 Å². The van der Waals surface area contributed by atoms with Gasteiger partial charge < -0.3 is 10.5 Å². The zero-order valence-electron chi connectivity index (χ0n) is 14.9. The number of anilines is 1. The van der Waals surface area contributed by atoms with Gasteiger partial charge in [0.25, 0.3) is 0 Å². The van der Waals surface area contributed by atoms with Crippen LogP contribution in [0.2, 0.25) is 0 Å². The van der Waals surface area contributed by atoms with Crippen LogP contribution in [0.4, 0.5) is 5.13 Å². The molecule has 0 fully saturated rings. The van der Waals surface area contributed by atoms with Crippen LogP contribution in [0.1, 0.15) is 22.4 Å². The first kappa shape index (κ1) is 18.6. The van der Waals surface area contributed by atoms with Crippen LogP contribution in [-0.2, 0) is 17.8 Å². The highest BCUT2D eigenvalue weighted by Gasteiger charge is 2.05. The Morgan fingerprint density at radius 2 is 2.04 bits per heavy atom. The molecule has 0 bridgehead atoms. The van der Waals surface area contributed by atoms with Crippen LogP contribution >= 0.6 is 11.3 Å². The topological polar surface area (TPSA) is 89.6 Å². The molecule has 0 saturated heterocycles. The summed E-state index contributed by atoms with van der Waals surface area (Å²) in [5, 5.41) is 6.17. The maximum absolute atomic E-state index is 11.8. The summed E-state index contributed by atoms with van der Waals surface area (Å²) in [7, 11) is 0. The van der Waals surface area contributed by atoms with Crippen molar-refractivity contribution in [3.05, 3.63) is 76.3 Å². The first-order valence-corrected chi connectivity index (χ1v) is 9.27. The van der Waals surface area contributed by atoms with Gasteiger partial charge in [-0.05, 0) is 47.9 Å². The molecule has 3 aromatic rings. The van der Waals surface area contributed by atoms with Crippen LogP contribution in [0.3, 0.4) is 0 Å². The predicted octanol–water partition coefficient (Wildman–Crippen LogP) is 3.31. The number of nitrogens with two attached hydrogens (primary N) is 1. The number of thiazole rings is 1. The van der Waals surface area contributed by atoms with Gasteiger partial charge in [-0.15, -0.1) is 11.3 Å². The lowest BCUT2D eigenvalue weighted by molar-refractivity contribution is -0.120. The zero-order valence-corrected chi connectivity index (χ0v) is 15.7. The van der Waals surface area contributed by atoms with Crippen molar-refractivity contribution < 1.29 is 9.53 Å². The van der Waals surface area contributed by atoms with Crippen molar-refractivity contribution in [2.45, 2.75) is 20.0 Å². The molecule has 1 aromatic heterocycles. The number of aromatic nitrogens is 1. The van der Waals surface area contributed by atoms with Crippen molar-refractivity contribution in [3.8, 4) is 5.75 Å². The van der Waals surface area contributed by atoms with Crippen molar-refractivity contribution >= 4 is 28.6 Å². The molecule has 0 atom stereocenters. The minimum Gasteiger partial charge on any atom is -0.489 e. The second-order valence-electron chi connectivity index (χ2n) is 5.93. The summed E-state index contributed by atoms with van der Waals surface area (Å²) in [6.45, 7) is 2.59. The Morgan fingerprint density at radius 1 is 1.26 bits per heavy atom. The average Bonchev–Trinajstić information content (AvgIpc) is 3.07. The normalized spacial score (nSPS) is 10.9. The number of rotatable bonds is 7. The third-order valence-corrected chi connectivity index (χ3v) is 4.57. The van der Waals surface area contributed by atoms with Gasteiger partial charge in [-0.3, -0.25) is 4.79 Å². The number of nitrogens with zero attached hydrogens (tertiary/aromatic N) is 2. The molecule has 0 aliphatic rings. The standard InChI is InChI=1S/C20H20N4O2S/c1-14-4-2-3-5-16(14)12-26-18-8-6-15(7-9-18)11-22-24-19(25)10-17-13-27-20(21)23-17/h2-9,11,13H,10,12H2,1H3,(H2,21,23)(H,24,25)/b22-11+. The van der Waals surface area contributed by atoms with Gasteiger partial charge in [0, 0.05) is 5.38 Å². The highest BCUT2D eigenvalue weighted by atomic mass is 32.1. The number of benzene rings is 2. The highest BCUT2D eigenvalue weighted by Crippen LogP contribution is 2.15. The fourth-order valence-electron chi connectivity index (χ4n) is 2.37. The number of amides is 1. The summed E-state index contributed by atoms with van der Waals surface area (Å²) in [6, 6.07) is 15.6. The van der Waals surface area contributed by atoms with Crippen molar-refractivity contribution in [2.24, 2.45) is 5.10 Å². The molecule has 7 heteroatoms. The fourth-order valence-corrected chi connectivity index (χ4v) is 2.93. The number of nitrogen functional groups attached to an aromatic ring is 1. The Hall–Kier alpha value is -3.19. The molecule has 1 heterocycles.